The number of carbonyl (C=O) groups is 1. The van der Waals surface area contributed by atoms with Crippen LogP contribution < -0.4 is 15.9 Å². The SMILES string of the molecule is Br.CP(C(=O)OCc1ccccc1)(c1ccccc1)(c1ccccc1)c1ccccc1. The summed E-state index contributed by atoms with van der Waals surface area (Å²) in [6, 6.07) is 40.1. The Morgan fingerprint density at radius 2 is 0.935 bits per heavy atom. The van der Waals surface area contributed by atoms with E-state index in [1.165, 1.54) is 0 Å². The minimum atomic E-state index is -3.56. The van der Waals surface area contributed by atoms with Gasteiger partial charge in [-0.1, -0.05) is 0 Å². The molecule has 0 saturated heterocycles. The van der Waals surface area contributed by atoms with Crippen molar-refractivity contribution < 1.29 is 9.53 Å². The Morgan fingerprint density at radius 3 is 1.29 bits per heavy atom. The average molecular weight is 493 g/mol. The fourth-order valence-corrected chi connectivity index (χ4v) is 8.71. The number of hydrogen-bond acceptors (Lipinski definition) is 2. The molecule has 0 atom stereocenters. The molecule has 0 fully saturated rings. The van der Waals surface area contributed by atoms with Crippen molar-refractivity contribution in [1.82, 2.24) is 0 Å². The van der Waals surface area contributed by atoms with E-state index in [1.807, 2.05) is 84.9 Å². The van der Waals surface area contributed by atoms with E-state index in [0.29, 0.717) is 0 Å². The molecule has 31 heavy (non-hydrogen) atoms. The van der Waals surface area contributed by atoms with Crippen LogP contribution in [0, 0.1) is 0 Å². The van der Waals surface area contributed by atoms with Crippen LogP contribution >= 0.6 is 23.6 Å². The summed E-state index contributed by atoms with van der Waals surface area (Å²) in [6.07, 6.45) is 0. The molecule has 0 N–H and O–H groups in total. The molecule has 4 heteroatoms. The standard InChI is InChI=1S/C27H25O2P.BrH/c1-30(24-16-8-3-9-17-24,25-18-10-4-11-19-25,26-20-12-5-13-21-26)27(28)29-22-23-14-6-2-7-15-23;/h2-21H,22H2,1H3;1H. The quantitative estimate of drug-likeness (QED) is 0.305. The van der Waals surface area contributed by atoms with Crippen molar-refractivity contribution in [2.24, 2.45) is 0 Å². The molecule has 0 unspecified atom stereocenters. The fraction of sp³-hybridized carbons (Fsp3) is 0.0741. The van der Waals surface area contributed by atoms with Crippen LogP contribution in [0.2, 0.25) is 0 Å². The van der Waals surface area contributed by atoms with Crippen molar-refractivity contribution in [2.75, 3.05) is 6.66 Å². The van der Waals surface area contributed by atoms with E-state index in [1.54, 1.807) is 0 Å². The summed E-state index contributed by atoms with van der Waals surface area (Å²) < 4.78 is 6.08. The van der Waals surface area contributed by atoms with E-state index >= 15 is 0 Å². The maximum absolute atomic E-state index is 14.2. The van der Waals surface area contributed by atoms with E-state index in [2.05, 4.69) is 43.1 Å². The second-order valence-corrected chi connectivity index (χ2v) is 12.7. The van der Waals surface area contributed by atoms with Crippen LogP contribution in [0.3, 0.4) is 0 Å². The Morgan fingerprint density at radius 1 is 0.613 bits per heavy atom. The summed E-state index contributed by atoms with van der Waals surface area (Å²) in [6.45, 7) is -1.20. The number of carbonyl (C=O) groups excluding carboxylic acids is 1. The van der Waals surface area contributed by atoms with Crippen LogP contribution in [0.1, 0.15) is 5.56 Å². The molecule has 0 aliphatic heterocycles. The first-order valence-electron chi connectivity index (χ1n) is 10.0. The van der Waals surface area contributed by atoms with Gasteiger partial charge in [0.1, 0.15) is 0 Å². The zero-order valence-corrected chi connectivity index (χ0v) is 20.0. The fourth-order valence-electron chi connectivity index (χ4n) is 4.05. The maximum atomic E-state index is 14.2. The first-order chi connectivity index (χ1) is 14.6. The number of ether oxygens (including phenoxy) is 1. The van der Waals surface area contributed by atoms with Gasteiger partial charge >= 0.3 is 178 Å². The van der Waals surface area contributed by atoms with Crippen molar-refractivity contribution in [2.45, 2.75) is 6.61 Å². The molecule has 4 aromatic rings. The van der Waals surface area contributed by atoms with Crippen LogP contribution in [0.5, 0.6) is 0 Å². The van der Waals surface area contributed by atoms with Gasteiger partial charge in [-0.2, -0.15) is 0 Å². The Bertz CT molecular complexity index is 1020. The predicted molar refractivity (Wildman–Crippen MR) is 138 cm³/mol. The van der Waals surface area contributed by atoms with Gasteiger partial charge in [0.2, 0.25) is 0 Å². The molecule has 0 amide bonds. The van der Waals surface area contributed by atoms with Crippen LogP contribution in [0.25, 0.3) is 0 Å². The van der Waals surface area contributed by atoms with E-state index < -0.39 is 6.60 Å². The Hall–Kier alpha value is -2.74. The van der Waals surface area contributed by atoms with E-state index in [9.17, 15) is 4.79 Å². The van der Waals surface area contributed by atoms with Gasteiger partial charge in [0.15, 0.2) is 0 Å². The van der Waals surface area contributed by atoms with Crippen LogP contribution in [0.4, 0.5) is 4.79 Å². The minimum absolute atomic E-state index is 0. The van der Waals surface area contributed by atoms with E-state index in [0.717, 1.165) is 21.5 Å². The third-order valence-corrected chi connectivity index (χ3v) is 11.7. The summed E-state index contributed by atoms with van der Waals surface area (Å²) in [5.41, 5.74) is 0.804. The Kier molecular flexibility index (Phi) is 7.10. The molecule has 0 saturated carbocycles. The number of hydrogen-bond donors (Lipinski definition) is 0. The molecule has 0 aromatic heterocycles. The van der Waals surface area contributed by atoms with Gasteiger partial charge in [-0.25, -0.2) is 0 Å². The number of halogens is 1. The third kappa shape index (κ3) is 3.96. The monoisotopic (exact) mass is 492 g/mol. The van der Waals surface area contributed by atoms with Gasteiger partial charge in [0.05, 0.1) is 0 Å². The zero-order valence-electron chi connectivity index (χ0n) is 17.4. The first kappa shape index (κ1) is 22.9. The molecule has 0 radical (unpaired) electrons. The molecule has 0 aliphatic carbocycles. The van der Waals surface area contributed by atoms with Crippen LogP contribution in [-0.2, 0) is 11.3 Å². The Balaban J connectivity index is 0.00000272. The molecule has 0 heterocycles. The summed E-state index contributed by atoms with van der Waals surface area (Å²) in [7, 11) is 0. The summed E-state index contributed by atoms with van der Waals surface area (Å²) in [4.78, 5) is 14.2. The van der Waals surface area contributed by atoms with Crippen molar-refractivity contribution >= 4 is 45.2 Å². The van der Waals surface area contributed by atoms with Crippen LogP contribution in [-0.4, -0.2) is 12.4 Å². The molecule has 2 nitrogen and oxygen atoms in total. The van der Waals surface area contributed by atoms with Gasteiger partial charge in [-0.15, -0.1) is 17.0 Å². The van der Waals surface area contributed by atoms with Crippen molar-refractivity contribution in [1.29, 1.82) is 0 Å². The average Bonchev–Trinajstić information content (AvgIpc) is 2.84. The normalized spacial score (nSPS) is 12.1. The molecule has 158 valence electrons. The van der Waals surface area contributed by atoms with Crippen LogP contribution in [0.15, 0.2) is 121 Å². The van der Waals surface area contributed by atoms with Gasteiger partial charge in [-0.05, 0) is 0 Å². The Labute approximate surface area is 194 Å². The molecule has 4 rings (SSSR count). The summed E-state index contributed by atoms with van der Waals surface area (Å²) in [5.74, 6) is 0. The van der Waals surface area contributed by atoms with Gasteiger partial charge < -0.3 is 0 Å². The van der Waals surface area contributed by atoms with E-state index in [4.69, 9.17) is 4.74 Å². The second kappa shape index (κ2) is 9.60. The number of rotatable bonds is 6. The predicted octanol–water partition coefficient (Wildman–Crippen LogP) is 6.06. The molecular formula is C27H26BrO2P. The molecule has 0 aliphatic rings. The summed E-state index contributed by atoms with van der Waals surface area (Å²) in [5, 5.41) is 3.00. The molecule has 0 spiro atoms. The van der Waals surface area contributed by atoms with Gasteiger partial charge in [0.25, 0.3) is 0 Å². The summed E-state index contributed by atoms with van der Waals surface area (Å²) >= 11 is 0. The van der Waals surface area contributed by atoms with Crippen molar-refractivity contribution in [3.05, 3.63) is 127 Å². The van der Waals surface area contributed by atoms with Gasteiger partial charge in [-0.3, -0.25) is 0 Å². The van der Waals surface area contributed by atoms with Crippen molar-refractivity contribution in [3.8, 4) is 0 Å². The second-order valence-electron chi connectivity index (χ2n) is 7.61. The zero-order chi connectivity index (χ0) is 20.9. The third-order valence-electron chi connectivity index (χ3n) is 5.87. The first-order valence-corrected chi connectivity index (χ1v) is 12.7. The van der Waals surface area contributed by atoms with Crippen molar-refractivity contribution in [3.63, 3.8) is 0 Å². The topological polar surface area (TPSA) is 26.3 Å². The van der Waals surface area contributed by atoms with E-state index in [-0.39, 0.29) is 29.3 Å². The number of benzene rings is 4. The molecule has 4 aromatic carbocycles. The molecular weight excluding hydrogens is 467 g/mol. The van der Waals surface area contributed by atoms with Gasteiger partial charge in [0, 0.05) is 0 Å². The molecule has 0 bridgehead atoms.